The Bertz CT molecular complexity index is 1270. The fourth-order valence-corrected chi connectivity index (χ4v) is 3.46. The largest absolute Gasteiger partial charge is 0.404 e. The molecule has 0 bridgehead atoms. The third kappa shape index (κ3) is 6.89. The minimum absolute atomic E-state index is 0.000560. The summed E-state index contributed by atoms with van der Waals surface area (Å²) < 4.78 is 0. The molecule has 176 valence electrons. The fraction of sp³-hybridized carbons (Fsp3) is 0.143. The average molecular weight is 465 g/mol. The minimum atomic E-state index is -0.321. The van der Waals surface area contributed by atoms with E-state index in [2.05, 4.69) is 35.4 Å². The summed E-state index contributed by atoms with van der Waals surface area (Å²) in [7, 11) is 0. The van der Waals surface area contributed by atoms with Gasteiger partial charge in [0.05, 0.1) is 23.8 Å². The molecule has 0 spiro atoms. The smallest absolute Gasteiger partial charge is 0.254 e. The summed E-state index contributed by atoms with van der Waals surface area (Å²) in [6.07, 6.45) is 2.71. The van der Waals surface area contributed by atoms with Crippen LogP contribution in [0.3, 0.4) is 0 Å². The lowest BCUT2D eigenvalue weighted by Gasteiger charge is -2.13. The van der Waals surface area contributed by atoms with Crippen LogP contribution in [-0.2, 0) is 17.9 Å². The zero-order valence-electron chi connectivity index (χ0n) is 19.5. The zero-order chi connectivity index (χ0) is 25.2. The number of nitriles is 1. The van der Waals surface area contributed by atoms with Crippen LogP contribution in [0.15, 0.2) is 89.6 Å². The molecule has 0 fully saturated rings. The average Bonchev–Trinajstić information content (AvgIpc) is 2.90. The van der Waals surface area contributed by atoms with E-state index in [-0.39, 0.29) is 23.2 Å². The molecule has 1 amide bonds. The standard InChI is InChI=1S/C28H28N6O/c1-19(23-8-2-20(14-29)3-9-23)24-10-4-21(5-11-24)16-33-18-26(15-30)28(35)34-17-22-6-12-25(13-7-22)27(31)32/h2-13,15,18-19H,16-17,30H2,1H3,(H3,31,32)(H,34,35)/b26-15+,33-18?. The van der Waals surface area contributed by atoms with Gasteiger partial charge >= 0.3 is 0 Å². The van der Waals surface area contributed by atoms with Crippen LogP contribution in [0.5, 0.6) is 0 Å². The van der Waals surface area contributed by atoms with E-state index < -0.39 is 0 Å². The van der Waals surface area contributed by atoms with Gasteiger partial charge in [0.25, 0.3) is 5.91 Å². The SMILES string of the molecule is CC(c1ccc(C#N)cc1)c1ccc(CN=C/C(=C\N)C(=O)NCc2ccc(C(=N)N)cc2)cc1. The Labute approximate surface area is 205 Å². The molecule has 0 saturated carbocycles. The maximum Gasteiger partial charge on any atom is 0.254 e. The molecule has 3 rings (SSSR count). The van der Waals surface area contributed by atoms with E-state index in [4.69, 9.17) is 22.1 Å². The van der Waals surface area contributed by atoms with Gasteiger partial charge in [-0.1, -0.05) is 67.6 Å². The number of nitrogens with two attached hydrogens (primary N) is 2. The molecule has 3 aromatic rings. The van der Waals surface area contributed by atoms with Gasteiger partial charge in [-0.2, -0.15) is 5.26 Å². The first-order chi connectivity index (χ1) is 16.9. The molecule has 0 aliphatic carbocycles. The highest BCUT2D eigenvalue weighted by molar-refractivity contribution is 6.12. The predicted octanol–water partition coefficient (Wildman–Crippen LogP) is 3.72. The van der Waals surface area contributed by atoms with E-state index in [0.717, 1.165) is 16.7 Å². The number of aliphatic imine (C=N–C) groups is 1. The number of hydrogen-bond donors (Lipinski definition) is 4. The Hall–Kier alpha value is -4.70. The van der Waals surface area contributed by atoms with Crippen LogP contribution in [0.4, 0.5) is 0 Å². The summed E-state index contributed by atoms with van der Waals surface area (Å²) in [4.78, 5) is 16.8. The number of nitrogens with one attached hydrogen (secondary N) is 2. The molecule has 7 nitrogen and oxygen atoms in total. The van der Waals surface area contributed by atoms with Gasteiger partial charge in [-0.3, -0.25) is 15.2 Å². The van der Waals surface area contributed by atoms with Crippen molar-refractivity contribution in [1.82, 2.24) is 5.32 Å². The van der Waals surface area contributed by atoms with Crippen molar-refractivity contribution in [3.8, 4) is 6.07 Å². The Morgan fingerprint density at radius 1 is 1.03 bits per heavy atom. The van der Waals surface area contributed by atoms with E-state index in [1.807, 2.05) is 48.5 Å². The highest BCUT2D eigenvalue weighted by Gasteiger charge is 2.09. The van der Waals surface area contributed by atoms with E-state index in [1.54, 1.807) is 12.1 Å². The monoisotopic (exact) mass is 464 g/mol. The molecule has 0 heterocycles. The number of amidine groups is 1. The summed E-state index contributed by atoms with van der Waals surface area (Å²) in [6, 6.07) is 25.0. The number of hydrogen-bond acceptors (Lipinski definition) is 5. The van der Waals surface area contributed by atoms with Crippen molar-refractivity contribution >= 4 is 18.0 Å². The number of carbonyl (C=O) groups is 1. The molecular formula is C28H28N6O. The lowest BCUT2D eigenvalue weighted by molar-refractivity contribution is -0.117. The molecular weight excluding hydrogens is 436 g/mol. The second-order valence-corrected chi connectivity index (χ2v) is 8.08. The first-order valence-electron chi connectivity index (χ1n) is 11.1. The molecule has 1 atom stereocenters. The second kappa shape index (κ2) is 12.0. The van der Waals surface area contributed by atoms with E-state index in [9.17, 15) is 4.79 Å². The van der Waals surface area contributed by atoms with Gasteiger partial charge in [-0.05, 0) is 34.4 Å². The zero-order valence-corrected chi connectivity index (χ0v) is 19.5. The number of benzene rings is 3. The first kappa shape index (κ1) is 24.9. The number of nitrogen functional groups attached to an aromatic ring is 1. The molecule has 6 N–H and O–H groups in total. The molecule has 3 aromatic carbocycles. The lowest BCUT2D eigenvalue weighted by Crippen LogP contribution is -2.25. The molecule has 0 aromatic heterocycles. The van der Waals surface area contributed by atoms with Gasteiger partial charge in [-0.25, -0.2) is 0 Å². The molecule has 0 saturated heterocycles. The molecule has 0 aliphatic rings. The van der Waals surface area contributed by atoms with Gasteiger partial charge in [-0.15, -0.1) is 0 Å². The fourth-order valence-electron chi connectivity index (χ4n) is 3.46. The van der Waals surface area contributed by atoms with Crippen molar-refractivity contribution < 1.29 is 4.79 Å². The van der Waals surface area contributed by atoms with E-state index in [0.29, 0.717) is 24.2 Å². The quantitative estimate of drug-likeness (QED) is 0.217. The van der Waals surface area contributed by atoms with Gasteiger partial charge in [0.1, 0.15) is 5.84 Å². The van der Waals surface area contributed by atoms with Crippen LogP contribution in [0.2, 0.25) is 0 Å². The van der Waals surface area contributed by atoms with Crippen molar-refractivity contribution in [2.45, 2.75) is 25.9 Å². The van der Waals surface area contributed by atoms with Crippen LogP contribution >= 0.6 is 0 Å². The predicted molar refractivity (Wildman–Crippen MR) is 139 cm³/mol. The summed E-state index contributed by atoms with van der Waals surface area (Å²) in [5.74, 6) is -0.117. The Morgan fingerprint density at radius 2 is 1.60 bits per heavy atom. The maximum atomic E-state index is 12.4. The van der Waals surface area contributed by atoms with Gasteiger partial charge < -0.3 is 16.8 Å². The third-order valence-electron chi connectivity index (χ3n) is 5.68. The van der Waals surface area contributed by atoms with Crippen molar-refractivity contribution in [3.05, 3.63) is 118 Å². The summed E-state index contributed by atoms with van der Waals surface area (Å²) in [5, 5.41) is 19.2. The summed E-state index contributed by atoms with van der Waals surface area (Å²) in [6.45, 7) is 2.87. The second-order valence-electron chi connectivity index (χ2n) is 8.08. The Balaban J connectivity index is 1.53. The highest BCUT2D eigenvalue weighted by Crippen LogP contribution is 2.24. The molecule has 7 heteroatoms. The number of amides is 1. The van der Waals surface area contributed by atoms with Crippen molar-refractivity contribution in [3.63, 3.8) is 0 Å². The summed E-state index contributed by atoms with van der Waals surface area (Å²) >= 11 is 0. The molecule has 35 heavy (non-hydrogen) atoms. The minimum Gasteiger partial charge on any atom is -0.404 e. The van der Waals surface area contributed by atoms with Crippen LogP contribution in [0.1, 0.15) is 46.2 Å². The van der Waals surface area contributed by atoms with Gasteiger partial charge in [0.15, 0.2) is 0 Å². The maximum absolute atomic E-state index is 12.4. The van der Waals surface area contributed by atoms with E-state index >= 15 is 0 Å². The van der Waals surface area contributed by atoms with Crippen LogP contribution in [0.25, 0.3) is 0 Å². The number of nitrogens with zero attached hydrogens (tertiary/aromatic N) is 2. The van der Waals surface area contributed by atoms with Crippen molar-refractivity contribution in [1.29, 1.82) is 10.7 Å². The van der Waals surface area contributed by atoms with Gasteiger partial charge in [0.2, 0.25) is 0 Å². The normalized spacial score (nSPS) is 12.2. The molecule has 1 unspecified atom stereocenters. The summed E-state index contributed by atoms with van der Waals surface area (Å²) in [5.41, 5.74) is 16.9. The molecule has 0 radical (unpaired) electrons. The topological polar surface area (TPSA) is 141 Å². The van der Waals surface area contributed by atoms with Crippen LogP contribution < -0.4 is 16.8 Å². The van der Waals surface area contributed by atoms with Crippen LogP contribution in [-0.4, -0.2) is 18.0 Å². The Kier molecular flexibility index (Phi) is 8.52. The Morgan fingerprint density at radius 3 is 2.14 bits per heavy atom. The van der Waals surface area contributed by atoms with Gasteiger partial charge in [0, 0.05) is 30.4 Å². The lowest BCUT2D eigenvalue weighted by atomic mass is 9.92. The molecule has 0 aliphatic heterocycles. The number of carbonyl (C=O) groups excluding carboxylic acids is 1. The third-order valence-corrected chi connectivity index (χ3v) is 5.68. The van der Waals surface area contributed by atoms with Crippen molar-refractivity contribution in [2.24, 2.45) is 16.5 Å². The van der Waals surface area contributed by atoms with E-state index in [1.165, 1.54) is 18.0 Å². The highest BCUT2D eigenvalue weighted by atomic mass is 16.1. The van der Waals surface area contributed by atoms with Crippen LogP contribution in [0, 0.1) is 16.7 Å². The first-order valence-corrected chi connectivity index (χ1v) is 11.1. The number of rotatable bonds is 9. The van der Waals surface area contributed by atoms with Crippen molar-refractivity contribution in [2.75, 3.05) is 0 Å².